The zero-order valence-electron chi connectivity index (χ0n) is 36.8. The van der Waals surface area contributed by atoms with Gasteiger partial charge in [-0.2, -0.15) is 0 Å². The van der Waals surface area contributed by atoms with E-state index in [0.717, 1.165) is 43.5 Å². The summed E-state index contributed by atoms with van der Waals surface area (Å²) in [5.41, 5.74) is 14.4. The standard InChI is InChI=1S/C48H59N9O8/c1-51-46(61)39(13-7-28-58)57-47(62)36-11-5-12-38(41(36)48(57)63)52-23-29-64-35-10-6-24-55(30-35)25-21-40(59)56-26-19-31(20-27-56)37-18-22-53-45(54-37)42(44(50)60)43(49)32-14-16-34(17-15-32)65-33-8-3-2-4-9-33/h2-5,8-9,11-12,14-17,28,31,35,37,39,52H,6-7,10,13,18-27,29-30,49H2,1H3,(H2,50,60)(H,51,61)(H,53,54)/t35?,37-,39?/m0/s1. The third-order valence-electron chi connectivity index (χ3n) is 12.6. The van der Waals surface area contributed by atoms with Gasteiger partial charge < -0.3 is 51.5 Å². The second-order valence-electron chi connectivity index (χ2n) is 16.8. The van der Waals surface area contributed by atoms with Crippen LogP contribution in [0.15, 0.2) is 83.4 Å². The molecule has 2 unspecified atom stereocenters. The van der Waals surface area contributed by atoms with Crippen LogP contribution in [0.4, 0.5) is 5.69 Å². The summed E-state index contributed by atoms with van der Waals surface area (Å²) in [6.45, 7) is 4.81. The first-order valence-corrected chi connectivity index (χ1v) is 22.5. The quantitative estimate of drug-likeness (QED) is 0.0506. The van der Waals surface area contributed by atoms with E-state index in [1.807, 2.05) is 35.2 Å². The highest BCUT2D eigenvalue weighted by molar-refractivity contribution is 6.26. The number of nitrogens with zero attached hydrogens (tertiary/aromatic N) is 4. The van der Waals surface area contributed by atoms with Crippen LogP contribution >= 0.6 is 0 Å². The van der Waals surface area contributed by atoms with Crippen LogP contribution in [-0.4, -0.2) is 134 Å². The number of carbonyl (C=O) groups is 6. The minimum Gasteiger partial charge on any atom is -0.457 e. The van der Waals surface area contributed by atoms with Gasteiger partial charge >= 0.3 is 0 Å². The summed E-state index contributed by atoms with van der Waals surface area (Å²) in [6, 6.07) is 20.5. The molecule has 0 radical (unpaired) electrons. The van der Waals surface area contributed by atoms with E-state index in [9.17, 15) is 28.8 Å². The predicted octanol–water partition coefficient (Wildman–Crippen LogP) is 3.31. The molecular formula is C48H59N9O8. The van der Waals surface area contributed by atoms with Crippen molar-refractivity contribution in [3.8, 4) is 11.5 Å². The number of imide groups is 1. The number of hydrogen-bond acceptors (Lipinski definition) is 13. The minimum absolute atomic E-state index is 0.0144. The van der Waals surface area contributed by atoms with Crippen LogP contribution in [-0.2, 0) is 23.9 Å². The molecule has 4 heterocycles. The van der Waals surface area contributed by atoms with Gasteiger partial charge in [-0.15, -0.1) is 0 Å². The van der Waals surface area contributed by atoms with Crippen LogP contribution in [0.5, 0.6) is 11.5 Å². The van der Waals surface area contributed by atoms with Gasteiger partial charge in [0.05, 0.1) is 29.5 Å². The summed E-state index contributed by atoms with van der Waals surface area (Å²) in [4.78, 5) is 86.4. The van der Waals surface area contributed by atoms with E-state index >= 15 is 0 Å². The van der Waals surface area contributed by atoms with Gasteiger partial charge in [0.1, 0.15) is 35.2 Å². The maximum atomic E-state index is 13.5. The highest BCUT2D eigenvalue weighted by Crippen LogP contribution is 2.32. The first-order chi connectivity index (χ1) is 31.6. The van der Waals surface area contributed by atoms with Crippen molar-refractivity contribution < 1.29 is 38.2 Å². The molecule has 65 heavy (non-hydrogen) atoms. The van der Waals surface area contributed by atoms with Crippen molar-refractivity contribution in [2.45, 2.75) is 69.6 Å². The van der Waals surface area contributed by atoms with Gasteiger partial charge in [-0.05, 0) is 105 Å². The van der Waals surface area contributed by atoms with E-state index in [2.05, 4.69) is 25.8 Å². The third-order valence-corrected chi connectivity index (χ3v) is 12.6. The fourth-order valence-electron chi connectivity index (χ4n) is 9.19. The molecule has 17 nitrogen and oxygen atoms in total. The number of fused-ring (bicyclic) bond motifs is 1. The predicted molar refractivity (Wildman–Crippen MR) is 245 cm³/mol. The average molecular weight is 890 g/mol. The molecule has 0 aromatic heterocycles. The summed E-state index contributed by atoms with van der Waals surface area (Å²) >= 11 is 0. The number of nitrogens with one attached hydrogen (secondary N) is 3. The van der Waals surface area contributed by atoms with Gasteiger partial charge in [0.25, 0.3) is 17.7 Å². The maximum Gasteiger partial charge on any atom is 0.264 e. The summed E-state index contributed by atoms with van der Waals surface area (Å²) < 4.78 is 12.1. The molecule has 3 atom stereocenters. The molecule has 0 aliphatic carbocycles. The van der Waals surface area contributed by atoms with Gasteiger partial charge in [-0.25, -0.2) is 0 Å². The number of likely N-dealkylation sites (N-methyl/N-ethyl adjacent to an activating group) is 1. The molecule has 0 bridgehead atoms. The Balaban J connectivity index is 0.837. The number of amides is 5. The fraction of sp³-hybridized carbons (Fsp3) is 0.438. The number of amidine groups is 1. The SMILES string of the molecule is CNC(=O)C(CCC=O)N1C(=O)c2cccc(NCCOC3CCCN(CCC(=O)N4CCC([C@@H]5CCN=C(C(C(N)=O)=C(N)c6ccc(Oc7ccccc7)cc6)N5)CC4)C3)c2C1=O. The molecule has 4 aliphatic heterocycles. The highest BCUT2D eigenvalue weighted by Gasteiger charge is 2.43. The van der Waals surface area contributed by atoms with Crippen molar-refractivity contribution in [2.75, 3.05) is 64.8 Å². The molecule has 7 rings (SSSR count). The largest absolute Gasteiger partial charge is 0.457 e. The van der Waals surface area contributed by atoms with E-state index in [1.54, 1.807) is 42.5 Å². The Morgan fingerprint density at radius 3 is 2.40 bits per heavy atom. The normalized spacial score (nSPS) is 19.9. The van der Waals surface area contributed by atoms with Gasteiger partial charge in [0, 0.05) is 70.9 Å². The van der Waals surface area contributed by atoms with E-state index in [0.29, 0.717) is 87.2 Å². The number of anilines is 1. The third kappa shape index (κ3) is 11.2. The number of benzene rings is 3. The zero-order chi connectivity index (χ0) is 45.9. The van der Waals surface area contributed by atoms with Crippen molar-refractivity contribution in [3.63, 3.8) is 0 Å². The molecule has 5 amide bonds. The van der Waals surface area contributed by atoms with Crippen molar-refractivity contribution in [1.29, 1.82) is 0 Å². The van der Waals surface area contributed by atoms with Gasteiger partial charge in [0.2, 0.25) is 11.8 Å². The number of nitrogens with two attached hydrogens (primary N) is 2. The number of likely N-dealkylation sites (tertiary alicyclic amines) is 2. The number of para-hydroxylation sites is 1. The van der Waals surface area contributed by atoms with Gasteiger partial charge in [0.15, 0.2) is 0 Å². The monoisotopic (exact) mass is 889 g/mol. The van der Waals surface area contributed by atoms with Crippen LogP contribution in [0.25, 0.3) is 5.70 Å². The second kappa shape index (κ2) is 21.9. The number of primary amides is 1. The molecule has 2 saturated heterocycles. The number of ether oxygens (including phenoxy) is 2. The Morgan fingerprint density at radius 1 is 0.923 bits per heavy atom. The number of aldehydes is 1. The Hall–Kier alpha value is -6.59. The Bertz CT molecular complexity index is 2280. The van der Waals surface area contributed by atoms with Crippen molar-refractivity contribution in [2.24, 2.45) is 22.4 Å². The molecule has 3 aromatic carbocycles. The molecule has 7 N–H and O–H groups in total. The number of hydrogen-bond donors (Lipinski definition) is 5. The van der Waals surface area contributed by atoms with Crippen LogP contribution in [0.3, 0.4) is 0 Å². The van der Waals surface area contributed by atoms with Crippen molar-refractivity contribution >= 4 is 53.0 Å². The zero-order valence-corrected chi connectivity index (χ0v) is 36.8. The van der Waals surface area contributed by atoms with Crippen molar-refractivity contribution in [3.05, 3.63) is 95.1 Å². The van der Waals surface area contributed by atoms with Crippen LogP contribution < -0.4 is 32.2 Å². The Kier molecular flexibility index (Phi) is 15.6. The topological polar surface area (TPSA) is 231 Å². The van der Waals surface area contributed by atoms with Crippen LogP contribution in [0.1, 0.15) is 77.6 Å². The smallest absolute Gasteiger partial charge is 0.264 e. The fourth-order valence-corrected chi connectivity index (χ4v) is 9.19. The Labute approximate surface area is 378 Å². The molecule has 17 heteroatoms. The van der Waals surface area contributed by atoms with E-state index < -0.39 is 29.7 Å². The Morgan fingerprint density at radius 2 is 1.68 bits per heavy atom. The molecule has 2 fully saturated rings. The summed E-state index contributed by atoms with van der Waals surface area (Å²) in [5.74, 6) is -0.165. The minimum atomic E-state index is -1.09. The first-order valence-electron chi connectivity index (χ1n) is 22.5. The summed E-state index contributed by atoms with van der Waals surface area (Å²) in [5, 5.41) is 9.21. The van der Waals surface area contributed by atoms with Gasteiger partial charge in [-0.3, -0.25) is 33.9 Å². The average Bonchev–Trinajstić information content (AvgIpc) is 3.58. The first kappa shape index (κ1) is 46.4. The molecule has 3 aromatic rings. The lowest BCUT2D eigenvalue weighted by molar-refractivity contribution is -0.133. The van der Waals surface area contributed by atoms with E-state index in [1.165, 1.54) is 7.05 Å². The molecule has 344 valence electrons. The molecular weight excluding hydrogens is 831 g/mol. The number of aliphatic imine (C=N–C) groups is 1. The number of carbonyl (C=O) groups excluding carboxylic acids is 6. The molecule has 0 saturated carbocycles. The summed E-state index contributed by atoms with van der Waals surface area (Å²) in [6.07, 6.45) is 5.42. The number of piperidine rings is 2. The van der Waals surface area contributed by atoms with Gasteiger partial charge in [-0.1, -0.05) is 24.3 Å². The lowest BCUT2D eigenvalue weighted by Crippen LogP contribution is -2.50. The number of rotatable bonds is 19. The lowest BCUT2D eigenvalue weighted by Gasteiger charge is -2.38. The molecule has 4 aliphatic rings. The van der Waals surface area contributed by atoms with Crippen molar-refractivity contribution in [1.82, 2.24) is 25.3 Å². The second-order valence-corrected chi connectivity index (χ2v) is 16.8. The van der Waals surface area contributed by atoms with E-state index in [-0.39, 0.29) is 59.2 Å². The van der Waals surface area contributed by atoms with E-state index in [4.69, 9.17) is 20.9 Å². The van der Waals surface area contributed by atoms with Crippen LogP contribution in [0, 0.1) is 5.92 Å². The highest BCUT2D eigenvalue weighted by atomic mass is 16.5. The lowest BCUT2D eigenvalue weighted by atomic mass is 9.86. The maximum absolute atomic E-state index is 13.5. The summed E-state index contributed by atoms with van der Waals surface area (Å²) in [7, 11) is 1.42. The van der Waals surface area contributed by atoms with Crippen LogP contribution in [0.2, 0.25) is 0 Å². The molecule has 0 spiro atoms.